The zero-order chi connectivity index (χ0) is 10.8. The van der Waals surface area contributed by atoms with E-state index in [-0.39, 0.29) is 15.7 Å². The largest absolute Gasteiger partial charge is 0.495 e. The Labute approximate surface area is 87.9 Å². The summed E-state index contributed by atoms with van der Waals surface area (Å²) in [6, 6.07) is 4.65. The summed E-state index contributed by atoms with van der Waals surface area (Å²) in [7, 11) is -0.872. The molecule has 0 aromatic heterocycles. The maximum absolute atomic E-state index is 11.5. The minimum absolute atomic E-state index is 0.0355. The van der Waals surface area contributed by atoms with Gasteiger partial charge < -0.3 is 4.74 Å². The molecule has 1 aromatic rings. The molecular weight excluding hydrogens is 226 g/mol. The van der Waals surface area contributed by atoms with Crippen LogP contribution in [0.2, 0.25) is 5.02 Å². The molecule has 0 heterocycles. The van der Waals surface area contributed by atoms with Crippen molar-refractivity contribution in [2.24, 2.45) is 0 Å². The molecule has 4 nitrogen and oxygen atoms in total. The van der Waals surface area contributed by atoms with Gasteiger partial charge in [0.1, 0.15) is 10.6 Å². The molecule has 0 amide bonds. The van der Waals surface area contributed by atoms with E-state index in [1.807, 2.05) is 0 Å². The standard InChI is InChI=1S/C8H10ClNO3S/c1-10-14(11,12)8-6(9)4-3-5-7(8)13-2/h3-5,10H,1-2H3. The number of halogens is 1. The monoisotopic (exact) mass is 235 g/mol. The fourth-order valence-corrected chi connectivity index (χ4v) is 2.43. The van der Waals surface area contributed by atoms with Crippen molar-refractivity contribution in [3.8, 4) is 5.75 Å². The summed E-state index contributed by atoms with van der Waals surface area (Å²) >= 11 is 5.77. The number of nitrogens with one attached hydrogen (secondary N) is 1. The zero-order valence-electron chi connectivity index (χ0n) is 7.74. The van der Waals surface area contributed by atoms with Crippen molar-refractivity contribution < 1.29 is 13.2 Å². The molecule has 0 aliphatic heterocycles. The molecule has 14 heavy (non-hydrogen) atoms. The van der Waals surface area contributed by atoms with Gasteiger partial charge in [0, 0.05) is 0 Å². The third kappa shape index (κ3) is 2.00. The highest BCUT2D eigenvalue weighted by atomic mass is 35.5. The first kappa shape index (κ1) is 11.3. The van der Waals surface area contributed by atoms with E-state index in [1.54, 1.807) is 6.07 Å². The van der Waals surface area contributed by atoms with Crippen molar-refractivity contribution in [2.75, 3.05) is 14.2 Å². The molecule has 0 atom stereocenters. The van der Waals surface area contributed by atoms with Crippen molar-refractivity contribution in [1.29, 1.82) is 0 Å². The van der Waals surface area contributed by atoms with Crippen LogP contribution in [-0.2, 0) is 10.0 Å². The van der Waals surface area contributed by atoms with Gasteiger partial charge in [-0.15, -0.1) is 0 Å². The normalized spacial score (nSPS) is 11.4. The number of rotatable bonds is 3. The predicted octanol–water partition coefficient (Wildman–Crippen LogP) is 1.26. The molecule has 0 unspecified atom stereocenters. The van der Waals surface area contributed by atoms with Crippen LogP contribution in [0.4, 0.5) is 0 Å². The van der Waals surface area contributed by atoms with Crippen molar-refractivity contribution in [1.82, 2.24) is 4.72 Å². The predicted molar refractivity (Wildman–Crippen MR) is 54.2 cm³/mol. The van der Waals surface area contributed by atoms with E-state index in [9.17, 15) is 8.42 Å². The molecule has 1 N–H and O–H groups in total. The van der Waals surface area contributed by atoms with Crippen LogP contribution < -0.4 is 9.46 Å². The Balaban J connectivity index is 3.46. The maximum Gasteiger partial charge on any atom is 0.245 e. The number of benzene rings is 1. The van der Waals surface area contributed by atoms with Crippen LogP contribution in [0, 0.1) is 0 Å². The van der Waals surface area contributed by atoms with Gasteiger partial charge in [-0.1, -0.05) is 17.7 Å². The Morgan fingerprint density at radius 1 is 1.43 bits per heavy atom. The Morgan fingerprint density at radius 2 is 2.07 bits per heavy atom. The van der Waals surface area contributed by atoms with Gasteiger partial charge in [0.15, 0.2) is 0 Å². The third-order valence-electron chi connectivity index (χ3n) is 1.69. The second kappa shape index (κ2) is 4.16. The van der Waals surface area contributed by atoms with E-state index >= 15 is 0 Å². The van der Waals surface area contributed by atoms with Crippen molar-refractivity contribution in [3.63, 3.8) is 0 Å². The molecule has 0 saturated heterocycles. The molecule has 0 radical (unpaired) electrons. The van der Waals surface area contributed by atoms with E-state index in [0.717, 1.165) is 0 Å². The summed E-state index contributed by atoms with van der Waals surface area (Å²) in [4.78, 5) is -0.0355. The van der Waals surface area contributed by atoms with Crippen LogP contribution in [0.1, 0.15) is 0 Å². The maximum atomic E-state index is 11.5. The average molecular weight is 236 g/mol. The number of ether oxygens (including phenoxy) is 1. The molecular formula is C8H10ClNO3S. The second-order valence-corrected chi connectivity index (χ2v) is 4.71. The fourth-order valence-electron chi connectivity index (χ4n) is 1.01. The highest BCUT2D eigenvalue weighted by Crippen LogP contribution is 2.30. The van der Waals surface area contributed by atoms with Crippen LogP contribution in [-0.4, -0.2) is 22.6 Å². The Bertz CT molecular complexity index is 430. The highest BCUT2D eigenvalue weighted by molar-refractivity contribution is 7.89. The highest BCUT2D eigenvalue weighted by Gasteiger charge is 2.20. The molecule has 0 aliphatic rings. The summed E-state index contributed by atoms with van der Waals surface area (Å²) in [6.45, 7) is 0. The summed E-state index contributed by atoms with van der Waals surface area (Å²) in [5.41, 5.74) is 0. The quantitative estimate of drug-likeness (QED) is 0.858. The first-order valence-electron chi connectivity index (χ1n) is 3.79. The Hall–Kier alpha value is -0.780. The van der Waals surface area contributed by atoms with Gasteiger partial charge in [-0.3, -0.25) is 0 Å². The van der Waals surface area contributed by atoms with E-state index in [4.69, 9.17) is 16.3 Å². The summed E-state index contributed by atoms with van der Waals surface area (Å²) in [6.07, 6.45) is 0. The van der Waals surface area contributed by atoms with Crippen LogP contribution >= 0.6 is 11.6 Å². The van der Waals surface area contributed by atoms with Gasteiger partial charge in [-0.2, -0.15) is 0 Å². The molecule has 6 heteroatoms. The number of hydrogen-bond donors (Lipinski definition) is 1. The van der Waals surface area contributed by atoms with E-state index < -0.39 is 10.0 Å². The molecule has 1 aromatic carbocycles. The smallest absolute Gasteiger partial charge is 0.245 e. The number of hydrogen-bond acceptors (Lipinski definition) is 3. The zero-order valence-corrected chi connectivity index (χ0v) is 9.32. The molecule has 0 saturated carbocycles. The van der Waals surface area contributed by atoms with Crippen LogP contribution in [0.5, 0.6) is 5.75 Å². The van der Waals surface area contributed by atoms with Crippen LogP contribution in [0.15, 0.2) is 23.1 Å². The van der Waals surface area contributed by atoms with Crippen LogP contribution in [0.3, 0.4) is 0 Å². The van der Waals surface area contributed by atoms with Gasteiger partial charge in [-0.25, -0.2) is 13.1 Å². The van der Waals surface area contributed by atoms with Crippen LogP contribution in [0.25, 0.3) is 0 Å². The average Bonchev–Trinajstić information content (AvgIpc) is 2.17. The molecule has 0 bridgehead atoms. The van der Waals surface area contributed by atoms with Crippen molar-refractivity contribution in [2.45, 2.75) is 4.90 Å². The lowest BCUT2D eigenvalue weighted by Gasteiger charge is -2.09. The first-order valence-corrected chi connectivity index (χ1v) is 5.65. The van der Waals surface area contributed by atoms with E-state index in [1.165, 1.54) is 26.3 Å². The molecule has 0 fully saturated rings. The Morgan fingerprint density at radius 3 is 2.57 bits per heavy atom. The molecule has 78 valence electrons. The van der Waals surface area contributed by atoms with Gasteiger partial charge in [-0.05, 0) is 19.2 Å². The fraction of sp³-hybridized carbons (Fsp3) is 0.250. The van der Waals surface area contributed by atoms with Crippen molar-refractivity contribution >= 4 is 21.6 Å². The topological polar surface area (TPSA) is 55.4 Å². The minimum Gasteiger partial charge on any atom is -0.495 e. The van der Waals surface area contributed by atoms with E-state index in [0.29, 0.717) is 0 Å². The SMILES string of the molecule is CNS(=O)(=O)c1c(Cl)cccc1OC. The lowest BCUT2D eigenvalue weighted by molar-refractivity contribution is 0.402. The Kier molecular flexibility index (Phi) is 3.36. The lowest BCUT2D eigenvalue weighted by Crippen LogP contribution is -2.19. The van der Waals surface area contributed by atoms with Gasteiger partial charge in [0.05, 0.1) is 12.1 Å². The van der Waals surface area contributed by atoms with E-state index in [2.05, 4.69) is 4.72 Å². The second-order valence-electron chi connectivity index (χ2n) is 2.48. The molecule has 1 rings (SSSR count). The number of methoxy groups -OCH3 is 1. The summed E-state index contributed by atoms with van der Waals surface area (Å²) < 4.78 is 30.1. The lowest BCUT2D eigenvalue weighted by atomic mass is 10.3. The first-order chi connectivity index (χ1) is 6.53. The molecule has 0 spiro atoms. The minimum atomic E-state index is -3.58. The molecule has 0 aliphatic carbocycles. The van der Waals surface area contributed by atoms with Gasteiger partial charge >= 0.3 is 0 Å². The van der Waals surface area contributed by atoms with Gasteiger partial charge in [0.25, 0.3) is 0 Å². The summed E-state index contributed by atoms with van der Waals surface area (Å²) in [5.74, 6) is 0.229. The summed E-state index contributed by atoms with van der Waals surface area (Å²) in [5, 5.41) is 0.138. The van der Waals surface area contributed by atoms with Gasteiger partial charge in [0.2, 0.25) is 10.0 Å². The van der Waals surface area contributed by atoms with Crippen molar-refractivity contribution in [3.05, 3.63) is 23.2 Å². The number of sulfonamides is 1. The third-order valence-corrected chi connectivity index (χ3v) is 3.61.